The molecule has 2 rings (SSSR count). The Bertz CT molecular complexity index is 658. The van der Waals surface area contributed by atoms with Crippen LogP contribution in [0.3, 0.4) is 0 Å². The topological polar surface area (TPSA) is 93.2 Å². The predicted molar refractivity (Wildman–Crippen MR) is 86.5 cm³/mol. The average Bonchev–Trinajstić information content (AvgIpc) is 2.94. The van der Waals surface area contributed by atoms with Gasteiger partial charge in [-0.1, -0.05) is 40.8 Å². The molecule has 22 heavy (non-hydrogen) atoms. The molecule has 2 aromatic rings. The second kappa shape index (κ2) is 7.76. The van der Waals surface area contributed by atoms with Crippen molar-refractivity contribution in [1.29, 1.82) is 0 Å². The third kappa shape index (κ3) is 5.01. The van der Waals surface area contributed by atoms with Crippen LogP contribution in [0.4, 0.5) is 15.6 Å². The number of ether oxygens (including phenoxy) is 1. The number of methoxy groups -OCH3 is 1. The Hall–Kier alpha value is -2.13. The van der Waals surface area contributed by atoms with Crippen LogP contribution in [-0.4, -0.2) is 35.1 Å². The largest absolute Gasteiger partial charge is 0.468 e. The van der Waals surface area contributed by atoms with Gasteiger partial charge in [-0.15, -0.1) is 10.2 Å². The number of amides is 2. The van der Waals surface area contributed by atoms with Crippen LogP contribution in [0.1, 0.15) is 5.56 Å². The maximum atomic E-state index is 11.8. The molecule has 1 aromatic carbocycles. The number of urea groups is 1. The number of aromatic nitrogens is 2. The molecule has 1 heterocycles. The van der Waals surface area contributed by atoms with Gasteiger partial charge in [-0.2, -0.15) is 0 Å². The van der Waals surface area contributed by atoms with E-state index in [4.69, 9.17) is 0 Å². The minimum atomic E-state index is -0.399. The van der Waals surface area contributed by atoms with Gasteiger partial charge >= 0.3 is 12.0 Å². The molecule has 0 aliphatic heterocycles. The molecule has 2 N–H and O–H groups in total. The first-order valence-electron chi connectivity index (χ1n) is 6.24. The Morgan fingerprint density at radius 3 is 2.64 bits per heavy atom. The Kier molecular flexibility index (Phi) is 5.73. The summed E-state index contributed by atoms with van der Waals surface area (Å²) in [6, 6.07) is 7.04. The summed E-state index contributed by atoms with van der Waals surface area (Å²) in [5, 5.41) is 13.4. The molecule has 0 radical (unpaired) electrons. The van der Waals surface area contributed by atoms with Gasteiger partial charge < -0.3 is 10.1 Å². The number of benzene rings is 1. The minimum absolute atomic E-state index is 0.153. The summed E-state index contributed by atoms with van der Waals surface area (Å²) >= 11 is 2.39. The van der Waals surface area contributed by atoms with Gasteiger partial charge in [0.05, 0.1) is 12.9 Å². The van der Waals surface area contributed by atoms with E-state index in [1.807, 2.05) is 31.2 Å². The third-order valence-electron chi connectivity index (χ3n) is 2.48. The van der Waals surface area contributed by atoms with Gasteiger partial charge in [-0.05, 0) is 19.1 Å². The van der Waals surface area contributed by atoms with Crippen LogP contribution in [0.25, 0.3) is 0 Å². The van der Waals surface area contributed by atoms with E-state index in [1.165, 1.54) is 30.2 Å². The number of nitrogens with one attached hydrogen (secondary N) is 2. The number of nitrogens with zero attached hydrogens (tertiary/aromatic N) is 2. The van der Waals surface area contributed by atoms with Crippen LogP contribution in [0.5, 0.6) is 0 Å². The van der Waals surface area contributed by atoms with E-state index >= 15 is 0 Å². The van der Waals surface area contributed by atoms with Gasteiger partial charge in [0.25, 0.3) is 0 Å². The number of aryl methyl sites for hydroxylation is 1. The molecule has 0 fully saturated rings. The van der Waals surface area contributed by atoms with E-state index in [9.17, 15) is 9.59 Å². The van der Waals surface area contributed by atoms with Crippen molar-refractivity contribution in [3.8, 4) is 0 Å². The van der Waals surface area contributed by atoms with Gasteiger partial charge in [0.1, 0.15) is 0 Å². The molecule has 0 unspecified atom stereocenters. The lowest BCUT2D eigenvalue weighted by atomic mass is 10.2. The molecule has 0 aliphatic rings. The number of rotatable bonds is 5. The van der Waals surface area contributed by atoms with Crippen LogP contribution >= 0.6 is 23.1 Å². The van der Waals surface area contributed by atoms with Gasteiger partial charge in [0, 0.05) is 5.69 Å². The maximum absolute atomic E-state index is 11.8. The monoisotopic (exact) mass is 338 g/mol. The molecule has 0 aliphatic carbocycles. The molecule has 0 atom stereocenters. The Balaban J connectivity index is 1.85. The van der Waals surface area contributed by atoms with Crippen molar-refractivity contribution < 1.29 is 14.3 Å². The standard InChI is InChI=1S/C13H14N4O3S2/c1-8-3-5-9(6-4-8)14-11(19)15-12-16-17-13(22-12)21-7-10(18)20-2/h3-6H,7H2,1-2H3,(H2,14,15,16,19). The van der Waals surface area contributed by atoms with Crippen LogP contribution in [0.15, 0.2) is 28.6 Å². The Labute approximate surface area is 135 Å². The SMILES string of the molecule is COC(=O)CSc1nnc(NC(=O)Nc2ccc(C)cc2)s1. The third-order valence-corrected chi connectivity index (χ3v) is 4.42. The van der Waals surface area contributed by atoms with E-state index in [-0.39, 0.29) is 11.7 Å². The number of hydrogen-bond acceptors (Lipinski definition) is 7. The molecule has 1 aromatic heterocycles. The molecular formula is C13H14N4O3S2. The average molecular weight is 338 g/mol. The molecule has 116 valence electrons. The second-order valence-electron chi connectivity index (χ2n) is 4.18. The summed E-state index contributed by atoms with van der Waals surface area (Å²) in [6.45, 7) is 1.97. The Morgan fingerprint density at radius 2 is 1.95 bits per heavy atom. The van der Waals surface area contributed by atoms with Crippen LogP contribution in [0.2, 0.25) is 0 Å². The lowest BCUT2D eigenvalue weighted by Crippen LogP contribution is -2.19. The molecule has 0 saturated carbocycles. The van der Waals surface area contributed by atoms with Crippen molar-refractivity contribution in [1.82, 2.24) is 10.2 Å². The van der Waals surface area contributed by atoms with Crippen molar-refractivity contribution in [3.63, 3.8) is 0 Å². The fourth-order valence-electron chi connectivity index (χ4n) is 1.39. The maximum Gasteiger partial charge on any atom is 0.325 e. The fourth-order valence-corrected chi connectivity index (χ4v) is 2.97. The summed E-state index contributed by atoms with van der Waals surface area (Å²) in [5.41, 5.74) is 1.80. The van der Waals surface area contributed by atoms with Gasteiger partial charge in [0.2, 0.25) is 5.13 Å². The van der Waals surface area contributed by atoms with Crippen molar-refractivity contribution >= 4 is 45.9 Å². The first-order chi connectivity index (χ1) is 10.6. The summed E-state index contributed by atoms with van der Waals surface area (Å²) in [5.74, 6) is -0.187. The number of carbonyl (C=O) groups excluding carboxylic acids is 2. The Morgan fingerprint density at radius 1 is 1.23 bits per heavy atom. The number of thioether (sulfide) groups is 1. The zero-order valence-corrected chi connectivity index (χ0v) is 13.6. The zero-order chi connectivity index (χ0) is 15.9. The zero-order valence-electron chi connectivity index (χ0n) is 12.0. The second-order valence-corrected chi connectivity index (χ2v) is 6.38. The summed E-state index contributed by atoms with van der Waals surface area (Å²) in [6.07, 6.45) is 0. The van der Waals surface area contributed by atoms with Crippen molar-refractivity contribution in [2.24, 2.45) is 0 Å². The highest BCUT2D eigenvalue weighted by atomic mass is 32.2. The van der Waals surface area contributed by atoms with E-state index in [2.05, 4.69) is 25.6 Å². The summed E-state index contributed by atoms with van der Waals surface area (Å²) < 4.78 is 5.11. The lowest BCUT2D eigenvalue weighted by molar-refractivity contribution is -0.137. The van der Waals surface area contributed by atoms with Crippen LogP contribution < -0.4 is 10.6 Å². The van der Waals surface area contributed by atoms with Crippen LogP contribution in [0, 0.1) is 6.92 Å². The molecular weight excluding hydrogens is 324 g/mol. The fraction of sp³-hybridized carbons (Fsp3) is 0.231. The van der Waals surface area contributed by atoms with E-state index < -0.39 is 6.03 Å². The number of carbonyl (C=O) groups is 2. The van der Waals surface area contributed by atoms with Crippen molar-refractivity contribution in [2.45, 2.75) is 11.3 Å². The summed E-state index contributed by atoms with van der Waals surface area (Å²) in [7, 11) is 1.32. The quantitative estimate of drug-likeness (QED) is 0.495. The van der Waals surface area contributed by atoms with Crippen LogP contribution in [-0.2, 0) is 9.53 Å². The van der Waals surface area contributed by atoms with Gasteiger partial charge in [0.15, 0.2) is 4.34 Å². The van der Waals surface area contributed by atoms with Gasteiger partial charge in [-0.25, -0.2) is 4.79 Å². The first kappa shape index (κ1) is 16.2. The summed E-state index contributed by atoms with van der Waals surface area (Å²) in [4.78, 5) is 22.9. The highest BCUT2D eigenvalue weighted by Gasteiger charge is 2.10. The van der Waals surface area contributed by atoms with E-state index in [0.29, 0.717) is 15.2 Å². The van der Waals surface area contributed by atoms with Crippen molar-refractivity contribution in [3.05, 3.63) is 29.8 Å². The normalized spacial score (nSPS) is 10.1. The molecule has 9 heteroatoms. The molecule has 0 spiro atoms. The number of esters is 1. The lowest BCUT2D eigenvalue weighted by Gasteiger charge is -2.04. The highest BCUT2D eigenvalue weighted by molar-refractivity contribution is 8.01. The van der Waals surface area contributed by atoms with E-state index in [0.717, 1.165) is 5.56 Å². The molecule has 0 bridgehead atoms. The predicted octanol–water partition coefficient (Wildman–Crippen LogP) is 2.76. The molecule has 7 nitrogen and oxygen atoms in total. The highest BCUT2D eigenvalue weighted by Crippen LogP contribution is 2.25. The smallest absolute Gasteiger partial charge is 0.325 e. The molecule has 2 amide bonds. The number of hydrogen-bond donors (Lipinski definition) is 2. The van der Waals surface area contributed by atoms with E-state index in [1.54, 1.807) is 0 Å². The molecule has 0 saturated heterocycles. The van der Waals surface area contributed by atoms with Gasteiger partial charge in [-0.3, -0.25) is 10.1 Å². The minimum Gasteiger partial charge on any atom is -0.468 e. The van der Waals surface area contributed by atoms with Crippen molar-refractivity contribution in [2.75, 3.05) is 23.5 Å². The number of anilines is 2. The first-order valence-corrected chi connectivity index (χ1v) is 8.05.